The smallest absolute Gasteiger partial charge is 0.115 e. The number of aryl methyl sites for hydroxylation is 2. The minimum atomic E-state index is 0.299. The highest BCUT2D eigenvalue weighted by Crippen LogP contribution is 2.35. The number of phenols is 1. The Hall–Kier alpha value is -4.30. The monoisotopic (exact) mass is 469 g/mol. The predicted molar refractivity (Wildman–Crippen MR) is 151 cm³/mol. The van der Waals surface area contributed by atoms with Gasteiger partial charge in [-0.3, -0.25) is 0 Å². The van der Waals surface area contributed by atoms with Gasteiger partial charge in [-0.2, -0.15) is 0 Å². The molecule has 0 saturated heterocycles. The molecule has 2 nitrogen and oxygen atoms in total. The van der Waals surface area contributed by atoms with Crippen LogP contribution in [0.15, 0.2) is 121 Å². The van der Waals surface area contributed by atoms with Crippen molar-refractivity contribution >= 4 is 17.1 Å². The molecule has 0 fully saturated rings. The number of rotatable bonds is 7. The van der Waals surface area contributed by atoms with Gasteiger partial charge in [0.1, 0.15) is 5.75 Å². The SMILES string of the molecule is Cc1ccc(Cc2ccc(N(c3ccc(C)cc3)c3ccc(Cc4ccc(O)cc4)cc3)cc2)cc1. The molecule has 2 heteroatoms. The average molecular weight is 470 g/mol. The minimum Gasteiger partial charge on any atom is -0.508 e. The van der Waals surface area contributed by atoms with Gasteiger partial charge in [0.05, 0.1) is 0 Å². The van der Waals surface area contributed by atoms with Gasteiger partial charge in [0.15, 0.2) is 0 Å². The van der Waals surface area contributed by atoms with Gasteiger partial charge in [-0.1, -0.05) is 83.9 Å². The Labute approximate surface area is 214 Å². The first-order valence-corrected chi connectivity index (χ1v) is 12.4. The van der Waals surface area contributed by atoms with Gasteiger partial charge in [-0.05, 0) is 97.5 Å². The summed E-state index contributed by atoms with van der Waals surface area (Å²) in [6.45, 7) is 4.24. The van der Waals surface area contributed by atoms with Crippen LogP contribution in [-0.4, -0.2) is 5.11 Å². The molecule has 0 amide bonds. The van der Waals surface area contributed by atoms with Gasteiger partial charge in [0.2, 0.25) is 0 Å². The summed E-state index contributed by atoms with van der Waals surface area (Å²) in [5.74, 6) is 0.299. The number of benzene rings is 5. The molecule has 5 rings (SSSR count). The standard InChI is InChI=1S/C34H31NO/c1-25-3-7-27(8-4-25)23-28-9-17-32(18-10-28)35(31-15-5-26(2)6-16-31)33-19-11-29(12-20-33)24-30-13-21-34(36)22-14-30/h3-22,36H,23-24H2,1-2H3. The molecule has 0 unspecified atom stereocenters. The topological polar surface area (TPSA) is 23.5 Å². The molecule has 0 radical (unpaired) electrons. The second kappa shape index (κ2) is 10.5. The summed E-state index contributed by atoms with van der Waals surface area (Å²) in [7, 11) is 0. The lowest BCUT2D eigenvalue weighted by atomic mass is 10.0. The van der Waals surface area contributed by atoms with E-state index in [4.69, 9.17) is 0 Å². The molecule has 0 aliphatic heterocycles. The maximum absolute atomic E-state index is 9.55. The summed E-state index contributed by atoms with van der Waals surface area (Å²) in [6, 6.07) is 42.5. The van der Waals surface area contributed by atoms with Crippen molar-refractivity contribution in [2.45, 2.75) is 26.7 Å². The van der Waals surface area contributed by atoms with Crippen LogP contribution in [0.25, 0.3) is 0 Å². The maximum Gasteiger partial charge on any atom is 0.115 e. The molecule has 0 bridgehead atoms. The third kappa shape index (κ3) is 5.67. The van der Waals surface area contributed by atoms with Gasteiger partial charge < -0.3 is 10.0 Å². The molecule has 0 aliphatic rings. The van der Waals surface area contributed by atoms with E-state index in [9.17, 15) is 5.11 Å². The highest BCUT2D eigenvalue weighted by molar-refractivity contribution is 5.76. The van der Waals surface area contributed by atoms with E-state index >= 15 is 0 Å². The lowest BCUT2D eigenvalue weighted by Gasteiger charge is -2.26. The normalized spacial score (nSPS) is 10.8. The Kier molecular flexibility index (Phi) is 6.86. The first kappa shape index (κ1) is 23.4. The van der Waals surface area contributed by atoms with E-state index in [0.29, 0.717) is 5.75 Å². The highest BCUT2D eigenvalue weighted by Gasteiger charge is 2.13. The van der Waals surface area contributed by atoms with Crippen molar-refractivity contribution in [2.75, 3.05) is 4.90 Å². The minimum absolute atomic E-state index is 0.299. The van der Waals surface area contributed by atoms with Crippen molar-refractivity contribution in [3.63, 3.8) is 0 Å². The van der Waals surface area contributed by atoms with Crippen LogP contribution in [0.5, 0.6) is 5.75 Å². The van der Waals surface area contributed by atoms with E-state index in [-0.39, 0.29) is 0 Å². The van der Waals surface area contributed by atoms with Crippen LogP contribution in [0.2, 0.25) is 0 Å². The van der Waals surface area contributed by atoms with E-state index < -0.39 is 0 Å². The Bertz CT molecular complexity index is 1310. The lowest BCUT2D eigenvalue weighted by Crippen LogP contribution is -2.10. The van der Waals surface area contributed by atoms with Gasteiger partial charge in [0.25, 0.3) is 0 Å². The van der Waals surface area contributed by atoms with E-state index in [1.165, 1.54) is 33.4 Å². The Balaban J connectivity index is 1.41. The first-order chi connectivity index (χ1) is 17.5. The summed E-state index contributed by atoms with van der Waals surface area (Å²) in [5, 5.41) is 9.55. The van der Waals surface area contributed by atoms with Crippen molar-refractivity contribution in [2.24, 2.45) is 0 Å². The van der Waals surface area contributed by atoms with Crippen molar-refractivity contribution in [3.05, 3.63) is 155 Å². The second-order valence-electron chi connectivity index (χ2n) is 9.51. The quantitative estimate of drug-likeness (QED) is 0.258. The lowest BCUT2D eigenvalue weighted by molar-refractivity contribution is 0.475. The zero-order chi connectivity index (χ0) is 24.9. The fourth-order valence-corrected chi connectivity index (χ4v) is 4.46. The number of nitrogens with zero attached hydrogens (tertiary/aromatic N) is 1. The average Bonchev–Trinajstić information content (AvgIpc) is 2.90. The van der Waals surface area contributed by atoms with Crippen LogP contribution >= 0.6 is 0 Å². The molecule has 0 spiro atoms. The molecule has 0 aliphatic carbocycles. The van der Waals surface area contributed by atoms with Crippen LogP contribution in [0, 0.1) is 13.8 Å². The summed E-state index contributed by atoms with van der Waals surface area (Å²) in [4.78, 5) is 2.30. The molecule has 5 aromatic rings. The molecule has 1 N–H and O–H groups in total. The zero-order valence-electron chi connectivity index (χ0n) is 20.9. The third-order valence-corrected chi connectivity index (χ3v) is 6.55. The van der Waals surface area contributed by atoms with Gasteiger partial charge >= 0.3 is 0 Å². The van der Waals surface area contributed by atoms with Crippen molar-refractivity contribution in [3.8, 4) is 5.75 Å². The summed E-state index contributed by atoms with van der Waals surface area (Å²) >= 11 is 0. The van der Waals surface area contributed by atoms with Crippen molar-refractivity contribution < 1.29 is 5.11 Å². The van der Waals surface area contributed by atoms with Gasteiger partial charge in [-0.25, -0.2) is 0 Å². The number of phenolic OH excluding ortho intramolecular Hbond substituents is 1. The largest absolute Gasteiger partial charge is 0.508 e. The maximum atomic E-state index is 9.55. The number of aromatic hydroxyl groups is 1. The molecule has 0 aromatic heterocycles. The second-order valence-corrected chi connectivity index (χ2v) is 9.51. The summed E-state index contributed by atoms with van der Waals surface area (Å²) in [5.41, 5.74) is 11.0. The third-order valence-electron chi connectivity index (χ3n) is 6.55. The molecule has 0 heterocycles. The number of hydrogen-bond donors (Lipinski definition) is 1. The van der Waals surface area contributed by atoms with Crippen LogP contribution in [-0.2, 0) is 12.8 Å². The van der Waals surface area contributed by atoms with Crippen LogP contribution in [0.3, 0.4) is 0 Å². The van der Waals surface area contributed by atoms with E-state index in [1.54, 1.807) is 12.1 Å². The molecule has 0 saturated carbocycles. The number of hydrogen-bond acceptors (Lipinski definition) is 2. The number of anilines is 3. The van der Waals surface area contributed by atoms with Gasteiger partial charge in [-0.15, -0.1) is 0 Å². The molecule has 5 aromatic carbocycles. The van der Waals surface area contributed by atoms with Crippen LogP contribution in [0.1, 0.15) is 33.4 Å². The van der Waals surface area contributed by atoms with E-state index in [2.05, 4.69) is 116 Å². The summed E-state index contributed by atoms with van der Waals surface area (Å²) in [6.07, 6.45) is 1.76. The van der Waals surface area contributed by atoms with Crippen molar-refractivity contribution in [1.82, 2.24) is 0 Å². The Morgan fingerprint density at radius 3 is 1.08 bits per heavy atom. The van der Waals surface area contributed by atoms with E-state index in [0.717, 1.165) is 29.9 Å². The van der Waals surface area contributed by atoms with E-state index in [1.807, 2.05) is 12.1 Å². The van der Waals surface area contributed by atoms with Gasteiger partial charge in [0, 0.05) is 17.1 Å². The van der Waals surface area contributed by atoms with Crippen molar-refractivity contribution in [1.29, 1.82) is 0 Å². The predicted octanol–water partition coefficient (Wildman–Crippen LogP) is 8.66. The first-order valence-electron chi connectivity index (χ1n) is 12.4. The fourth-order valence-electron chi connectivity index (χ4n) is 4.46. The van der Waals surface area contributed by atoms with Crippen LogP contribution in [0.4, 0.5) is 17.1 Å². The Morgan fingerprint density at radius 2 is 0.694 bits per heavy atom. The molecule has 0 atom stereocenters. The zero-order valence-corrected chi connectivity index (χ0v) is 20.9. The highest BCUT2D eigenvalue weighted by atomic mass is 16.3. The Morgan fingerprint density at radius 1 is 0.417 bits per heavy atom. The molecular weight excluding hydrogens is 438 g/mol. The fraction of sp³-hybridized carbons (Fsp3) is 0.118. The molecule has 36 heavy (non-hydrogen) atoms. The molecule has 178 valence electrons. The molecular formula is C34H31NO. The van der Waals surface area contributed by atoms with Crippen LogP contribution < -0.4 is 4.90 Å². The summed E-state index contributed by atoms with van der Waals surface area (Å²) < 4.78 is 0.